The lowest BCUT2D eigenvalue weighted by Gasteiger charge is -2.07. The number of ether oxygens (including phenoxy) is 2. The molecule has 0 saturated heterocycles. The zero-order chi connectivity index (χ0) is 18.4. The summed E-state index contributed by atoms with van der Waals surface area (Å²) in [6.45, 7) is 1.64. The monoisotopic (exact) mass is 373 g/mol. The minimum Gasteiger partial charge on any atom is -0.494 e. The first-order valence-corrected chi connectivity index (χ1v) is 7.77. The molecule has 0 spiro atoms. The quantitative estimate of drug-likeness (QED) is 0.623. The van der Waals surface area contributed by atoms with Crippen molar-refractivity contribution in [1.29, 1.82) is 0 Å². The Balaban J connectivity index is 2.03. The number of carbonyl (C=O) groups excluding carboxylic acids is 1. The Morgan fingerprint density at radius 1 is 1.20 bits per heavy atom. The molecule has 1 aromatic carbocycles. The number of alkyl halides is 3. The standard InChI is InChI=1S/C16H11F4NO3S/c1-8-5-9-6-12(23-2)10(17)7-11(9)21(8)15(22)13-3-4-14(25-13)24-16(18,19)20/h3-7H,1-2H3. The van der Waals surface area contributed by atoms with Crippen LogP contribution in [-0.4, -0.2) is 23.9 Å². The summed E-state index contributed by atoms with van der Waals surface area (Å²) in [5.41, 5.74) is 0.812. The predicted molar refractivity (Wildman–Crippen MR) is 83.9 cm³/mol. The molecule has 0 amide bonds. The predicted octanol–water partition coefficient (Wildman–Crippen LogP) is 4.75. The molecule has 3 rings (SSSR count). The van der Waals surface area contributed by atoms with E-state index in [-0.39, 0.29) is 10.6 Å². The van der Waals surface area contributed by atoms with Crippen molar-refractivity contribution in [3.05, 3.63) is 46.7 Å². The lowest BCUT2D eigenvalue weighted by atomic mass is 10.2. The van der Waals surface area contributed by atoms with E-state index in [9.17, 15) is 22.4 Å². The van der Waals surface area contributed by atoms with Crippen LogP contribution in [0.15, 0.2) is 30.3 Å². The third kappa shape index (κ3) is 3.32. The van der Waals surface area contributed by atoms with Crippen molar-refractivity contribution in [1.82, 2.24) is 4.57 Å². The van der Waals surface area contributed by atoms with Gasteiger partial charge in [0.1, 0.15) is 0 Å². The summed E-state index contributed by atoms with van der Waals surface area (Å²) < 4.78 is 60.7. The second kappa shape index (κ2) is 6.07. The second-order valence-corrected chi connectivity index (χ2v) is 6.18. The number of thiophene rings is 1. The van der Waals surface area contributed by atoms with Crippen molar-refractivity contribution < 1.29 is 31.8 Å². The average molecular weight is 373 g/mol. The molecule has 0 radical (unpaired) electrons. The number of hydrogen-bond acceptors (Lipinski definition) is 4. The molecule has 9 heteroatoms. The second-order valence-electron chi connectivity index (χ2n) is 5.14. The Morgan fingerprint density at radius 3 is 2.56 bits per heavy atom. The van der Waals surface area contributed by atoms with Crippen LogP contribution in [0.25, 0.3) is 10.9 Å². The van der Waals surface area contributed by atoms with E-state index in [0.717, 1.165) is 12.1 Å². The van der Waals surface area contributed by atoms with Gasteiger partial charge in [-0.1, -0.05) is 11.3 Å². The number of rotatable bonds is 3. The molecule has 0 atom stereocenters. The van der Waals surface area contributed by atoms with Crippen LogP contribution in [0.4, 0.5) is 17.6 Å². The highest BCUT2D eigenvalue weighted by molar-refractivity contribution is 7.15. The number of carbonyl (C=O) groups is 1. The first kappa shape index (κ1) is 17.3. The molecule has 0 saturated carbocycles. The number of aromatic nitrogens is 1. The molecular weight excluding hydrogens is 362 g/mol. The number of hydrogen-bond donors (Lipinski definition) is 0. The number of benzene rings is 1. The number of aryl methyl sites for hydroxylation is 1. The van der Waals surface area contributed by atoms with Crippen LogP contribution in [0.2, 0.25) is 0 Å². The highest BCUT2D eigenvalue weighted by atomic mass is 32.1. The van der Waals surface area contributed by atoms with E-state index in [2.05, 4.69) is 4.74 Å². The van der Waals surface area contributed by atoms with Crippen LogP contribution in [0, 0.1) is 12.7 Å². The summed E-state index contributed by atoms with van der Waals surface area (Å²) in [4.78, 5) is 12.7. The van der Waals surface area contributed by atoms with Crippen molar-refractivity contribution in [3.8, 4) is 10.8 Å². The fourth-order valence-corrected chi connectivity index (χ4v) is 3.29. The van der Waals surface area contributed by atoms with Crippen LogP contribution in [0.5, 0.6) is 10.8 Å². The third-order valence-corrected chi connectivity index (χ3v) is 4.42. The Morgan fingerprint density at radius 2 is 1.92 bits per heavy atom. The summed E-state index contributed by atoms with van der Waals surface area (Å²) in [7, 11) is 1.33. The van der Waals surface area contributed by atoms with Gasteiger partial charge in [0.2, 0.25) is 0 Å². The van der Waals surface area contributed by atoms with Crippen molar-refractivity contribution >= 4 is 28.1 Å². The SMILES string of the molecule is COc1cc2cc(C)n(C(=O)c3ccc(OC(F)(F)F)s3)c2cc1F. The topological polar surface area (TPSA) is 40.5 Å². The van der Waals surface area contributed by atoms with E-state index in [4.69, 9.17) is 4.74 Å². The lowest BCUT2D eigenvalue weighted by Crippen LogP contribution is -2.16. The minimum absolute atomic E-state index is 0.0362. The minimum atomic E-state index is -4.83. The van der Waals surface area contributed by atoms with Gasteiger partial charge in [-0.05, 0) is 31.2 Å². The smallest absolute Gasteiger partial charge is 0.494 e. The average Bonchev–Trinajstić information content (AvgIpc) is 3.07. The zero-order valence-corrected chi connectivity index (χ0v) is 13.8. The van der Waals surface area contributed by atoms with Gasteiger partial charge in [0, 0.05) is 17.1 Å². The van der Waals surface area contributed by atoms with Gasteiger partial charge in [-0.3, -0.25) is 9.36 Å². The van der Waals surface area contributed by atoms with Gasteiger partial charge in [-0.2, -0.15) is 0 Å². The fourth-order valence-electron chi connectivity index (χ4n) is 2.49. The van der Waals surface area contributed by atoms with Crippen LogP contribution < -0.4 is 9.47 Å². The molecular formula is C16H11F4NO3S. The van der Waals surface area contributed by atoms with Crippen LogP contribution in [0.3, 0.4) is 0 Å². The van der Waals surface area contributed by atoms with E-state index in [0.29, 0.717) is 27.9 Å². The summed E-state index contributed by atoms with van der Waals surface area (Å²) >= 11 is 0.564. The van der Waals surface area contributed by atoms with Gasteiger partial charge in [0.05, 0.1) is 17.5 Å². The largest absolute Gasteiger partial charge is 0.573 e. The number of methoxy groups -OCH3 is 1. The number of nitrogens with zero attached hydrogens (tertiary/aromatic N) is 1. The van der Waals surface area contributed by atoms with Gasteiger partial charge in [0.25, 0.3) is 5.91 Å². The summed E-state index contributed by atoms with van der Waals surface area (Å²) in [5, 5.41) is 0.130. The summed E-state index contributed by atoms with van der Waals surface area (Å²) in [5.74, 6) is -1.18. The van der Waals surface area contributed by atoms with E-state index < -0.39 is 23.1 Å². The van der Waals surface area contributed by atoms with Crippen LogP contribution in [-0.2, 0) is 0 Å². The summed E-state index contributed by atoms with van der Waals surface area (Å²) in [6, 6.07) is 6.57. The van der Waals surface area contributed by atoms with Crippen molar-refractivity contribution in [3.63, 3.8) is 0 Å². The van der Waals surface area contributed by atoms with Crippen LogP contribution >= 0.6 is 11.3 Å². The normalized spacial score (nSPS) is 11.8. The maximum atomic E-state index is 14.0. The van der Waals surface area contributed by atoms with E-state index in [1.165, 1.54) is 23.8 Å². The molecule has 0 fully saturated rings. The highest BCUT2D eigenvalue weighted by Crippen LogP contribution is 2.33. The Kier molecular flexibility index (Phi) is 4.19. The first-order valence-electron chi connectivity index (χ1n) is 6.95. The Bertz CT molecular complexity index is 958. The van der Waals surface area contributed by atoms with Crippen molar-refractivity contribution in [2.75, 3.05) is 7.11 Å². The summed E-state index contributed by atoms with van der Waals surface area (Å²) in [6.07, 6.45) is -4.83. The van der Waals surface area contributed by atoms with Gasteiger partial charge >= 0.3 is 6.36 Å². The highest BCUT2D eigenvalue weighted by Gasteiger charge is 2.32. The van der Waals surface area contributed by atoms with Gasteiger partial charge < -0.3 is 9.47 Å². The molecule has 2 aromatic heterocycles. The van der Waals surface area contributed by atoms with Crippen molar-refractivity contribution in [2.45, 2.75) is 13.3 Å². The molecule has 25 heavy (non-hydrogen) atoms. The maximum absolute atomic E-state index is 14.0. The van der Waals surface area contributed by atoms with Crippen molar-refractivity contribution in [2.24, 2.45) is 0 Å². The van der Waals surface area contributed by atoms with Crippen LogP contribution in [0.1, 0.15) is 15.4 Å². The first-order chi connectivity index (χ1) is 11.7. The molecule has 0 aliphatic heterocycles. The molecule has 4 nitrogen and oxygen atoms in total. The molecule has 0 N–H and O–H groups in total. The van der Waals surface area contributed by atoms with E-state index >= 15 is 0 Å². The fraction of sp³-hybridized carbons (Fsp3) is 0.188. The molecule has 3 aromatic rings. The van der Waals surface area contributed by atoms with E-state index in [1.54, 1.807) is 13.0 Å². The third-order valence-electron chi connectivity index (χ3n) is 3.47. The number of halogens is 4. The van der Waals surface area contributed by atoms with Gasteiger partial charge in [0.15, 0.2) is 16.6 Å². The molecule has 2 heterocycles. The Labute approximate surface area is 143 Å². The molecule has 132 valence electrons. The molecule has 0 aliphatic carbocycles. The van der Waals surface area contributed by atoms with E-state index in [1.807, 2.05) is 0 Å². The molecule has 0 unspecified atom stereocenters. The lowest BCUT2D eigenvalue weighted by molar-refractivity contribution is -0.273. The van der Waals surface area contributed by atoms with Gasteiger partial charge in [-0.25, -0.2) is 4.39 Å². The molecule has 0 bridgehead atoms. The Hall–Kier alpha value is -2.55. The molecule has 0 aliphatic rings. The van der Waals surface area contributed by atoms with Gasteiger partial charge in [-0.15, -0.1) is 13.2 Å². The zero-order valence-electron chi connectivity index (χ0n) is 13.0. The maximum Gasteiger partial charge on any atom is 0.573 e. The number of fused-ring (bicyclic) bond motifs is 1.